The first kappa shape index (κ1) is 23.1. The van der Waals surface area contributed by atoms with E-state index >= 15 is 0 Å². The number of carbonyl (C=O) groups excluding carboxylic acids is 1. The van der Waals surface area contributed by atoms with Crippen LogP contribution in [-0.2, 0) is 0 Å². The molecule has 29 heavy (non-hydrogen) atoms. The molecular formula is C21H25BrN2O4S. The van der Waals surface area contributed by atoms with Crippen LogP contribution in [0.25, 0.3) is 0 Å². The van der Waals surface area contributed by atoms with Gasteiger partial charge in [-0.05, 0) is 90.4 Å². The average molecular weight is 481 g/mol. The fraction of sp³-hybridized carbons (Fsp3) is 0.333. The zero-order chi connectivity index (χ0) is 21.2. The lowest BCUT2D eigenvalue weighted by molar-refractivity contribution is 0.0977. The number of unbranched alkanes of at least 4 members (excludes halogenated alkanes) is 1. The number of benzene rings is 2. The van der Waals surface area contributed by atoms with E-state index in [2.05, 4.69) is 21.2 Å². The lowest BCUT2D eigenvalue weighted by Crippen LogP contribution is -2.43. The highest BCUT2D eigenvalue weighted by atomic mass is 79.9. The molecule has 6 nitrogen and oxygen atoms in total. The summed E-state index contributed by atoms with van der Waals surface area (Å²) in [6.45, 7) is 3.19. The molecule has 0 aliphatic rings. The number of methoxy groups -OCH3 is 1. The second kappa shape index (κ2) is 11.7. The van der Waals surface area contributed by atoms with Gasteiger partial charge in [-0.2, -0.15) is 0 Å². The van der Waals surface area contributed by atoms with E-state index in [1.54, 1.807) is 25.3 Å². The van der Waals surface area contributed by atoms with Gasteiger partial charge in [-0.25, -0.2) is 0 Å². The molecular weight excluding hydrogens is 456 g/mol. The topological polar surface area (TPSA) is 71.0 Å². The molecule has 0 aliphatic heterocycles. The number of nitrogens with zero attached hydrogens (tertiary/aromatic N) is 1. The number of amides is 1. The van der Waals surface area contributed by atoms with Crippen molar-refractivity contribution in [1.82, 2.24) is 5.32 Å². The largest absolute Gasteiger partial charge is 0.496 e. The zero-order valence-electron chi connectivity index (χ0n) is 16.5. The van der Waals surface area contributed by atoms with Gasteiger partial charge < -0.3 is 19.5 Å². The number of hydrogen-bond acceptors (Lipinski definition) is 5. The molecule has 0 fully saturated rings. The number of thiocarbonyl (C=S) groups is 1. The van der Waals surface area contributed by atoms with Gasteiger partial charge in [-0.3, -0.25) is 10.1 Å². The molecule has 0 unspecified atom stereocenters. The number of carbonyl (C=O) groups is 1. The highest BCUT2D eigenvalue weighted by molar-refractivity contribution is 9.10. The number of ether oxygens (including phenoxy) is 2. The summed E-state index contributed by atoms with van der Waals surface area (Å²) in [5, 5.41) is 12.2. The Kier molecular flexibility index (Phi) is 9.37. The van der Waals surface area contributed by atoms with Crippen LogP contribution >= 0.6 is 28.1 Å². The number of hydrogen-bond donors (Lipinski definition) is 2. The van der Waals surface area contributed by atoms with E-state index in [9.17, 15) is 4.79 Å². The van der Waals surface area contributed by atoms with E-state index < -0.39 is 0 Å². The van der Waals surface area contributed by atoms with E-state index in [0.29, 0.717) is 40.5 Å². The molecule has 8 heteroatoms. The number of rotatable bonds is 9. The van der Waals surface area contributed by atoms with Crippen LogP contribution in [0.1, 0.15) is 30.1 Å². The Morgan fingerprint density at radius 3 is 2.52 bits per heavy atom. The Morgan fingerprint density at radius 2 is 1.93 bits per heavy atom. The van der Waals surface area contributed by atoms with Crippen LogP contribution in [0.4, 0.5) is 5.69 Å². The van der Waals surface area contributed by atoms with Crippen LogP contribution in [0.15, 0.2) is 46.9 Å². The van der Waals surface area contributed by atoms with Crippen molar-refractivity contribution in [3.8, 4) is 11.5 Å². The fourth-order valence-electron chi connectivity index (χ4n) is 2.66. The highest BCUT2D eigenvalue weighted by Crippen LogP contribution is 2.25. The number of nitrogens with one attached hydrogen (secondary N) is 1. The third-order valence-electron chi connectivity index (χ3n) is 4.13. The zero-order valence-corrected chi connectivity index (χ0v) is 18.9. The van der Waals surface area contributed by atoms with Crippen molar-refractivity contribution in [2.45, 2.75) is 19.8 Å². The molecule has 2 aromatic rings. The van der Waals surface area contributed by atoms with Crippen LogP contribution in [0.2, 0.25) is 0 Å². The summed E-state index contributed by atoms with van der Waals surface area (Å²) < 4.78 is 11.4. The summed E-state index contributed by atoms with van der Waals surface area (Å²) in [5.41, 5.74) is 1.30. The molecule has 0 heterocycles. The Bertz CT molecular complexity index is 830. The molecule has 1 amide bonds. The van der Waals surface area contributed by atoms with Crippen LogP contribution in [0.5, 0.6) is 11.5 Å². The molecule has 2 aromatic carbocycles. The summed E-state index contributed by atoms with van der Waals surface area (Å²) in [6.07, 6.45) is 1.38. The second-order valence-electron chi connectivity index (χ2n) is 6.12. The average Bonchev–Trinajstić information content (AvgIpc) is 2.72. The fourth-order valence-corrected chi connectivity index (χ4v) is 3.49. The monoisotopic (exact) mass is 480 g/mol. The molecule has 156 valence electrons. The van der Waals surface area contributed by atoms with Crippen molar-refractivity contribution < 1.29 is 19.4 Å². The van der Waals surface area contributed by atoms with Gasteiger partial charge in [0.25, 0.3) is 5.91 Å². The maximum Gasteiger partial charge on any atom is 0.257 e. The minimum Gasteiger partial charge on any atom is -0.496 e. The Morgan fingerprint density at radius 1 is 1.21 bits per heavy atom. The van der Waals surface area contributed by atoms with Crippen molar-refractivity contribution in [1.29, 1.82) is 0 Å². The lowest BCUT2D eigenvalue weighted by atomic mass is 10.2. The van der Waals surface area contributed by atoms with Crippen LogP contribution in [0.3, 0.4) is 0 Å². The van der Waals surface area contributed by atoms with E-state index in [-0.39, 0.29) is 12.5 Å². The van der Waals surface area contributed by atoms with E-state index in [0.717, 1.165) is 17.9 Å². The van der Waals surface area contributed by atoms with Gasteiger partial charge in [-0.15, -0.1) is 0 Å². The predicted octanol–water partition coefficient (Wildman–Crippen LogP) is 4.15. The first-order chi connectivity index (χ1) is 14.0. The number of aliphatic hydroxyl groups excluding tert-OH is 1. The van der Waals surface area contributed by atoms with Gasteiger partial charge in [0.15, 0.2) is 5.11 Å². The molecule has 2 rings (SSSR count). The molecule has 0 aromatic heterocycles. The van der Waals surface area contributed by atoms with Gasteiger partial charge in [0.1, 0.15) is 11.5 Å². The minimum absolute atomic E-state index is 0.107. The van der Waals surface area contributed by atoms with Crippen molar-refractivity contribution in [3.63, 3.8) is 0 Å². The first-order valence-corrected chi connectivity index (χ1v) is 10.5. The minimum atomic E-state index is -0.309. The summed E-state index contributed by atoms with van der Waals surface area (Å²) in [7, 11) is 1.57. The molecule has 2 N–H and O–H groups in total. The lowest BCUT2D eigenvalue weighted by Gasteiger charge is -2.26. The normalized spacial score (nSPS) is 10.3. The summed E-state index contributed by atoms with van der Waals surface area (Å²) >= 11 is 8.90. The van der Waals surface area contributed by atoms with E-state index in [1.807, 2.05) is 36.1 Å². The standard InChI is InChI=1S/C21H25BrN2O4S/c1-3-28-17-9-7-16(8-10-17)24(12-4-5-13-25)21(29)23-20(26)15-6-11-19(27-2)18(22)14-15/h6-11,14,25H,3-5,12-13H2,1-2H3,(H,23,26,29). The predicted molar refractivity (Wildman–Crippen MR) is 122 cm³/mol. The summed E-state index contributed by atoms with van der Waals surface area (Å²) in [5.74, 6) is 1.10. The molecule has 0 saturated carbocycles. The van der Waals surface area contributed by atoms with Crippen molar-refractivity contribution in [3.05, 3.63) is 52.5 Å². The maximum atomic E-state index is 12.7. The molecule has 0 radical (unpaired) electrons. The Hall–Kier alpha value is -2.16. The Labute approximate surface area is 184 Å². The molecule has 0 bridgehead atoms. The summed E-state index contributed by atoms with van der Waals surface area (Å²) in [6, 6.07) is 12.6. The Balaban J connectivity index is 2.15. The van der Waals surface area contributed by atoms with Gasteiger partial charge in [-0.1, -0.05) is 0 Å². The van der Waals surface area contributed by atoms with Gasteiger partial charge in [0.2, 0.25) is 0 Å². The molecule has 0 aliphatic carbocycles. The van der Waals surface area contributed by atoms with E-state index in [1.165, 1.54) is 0 Å². The third kappa shape index (κ3) is 6.69. The molecule has 0 spiro atoms. The van der Waals surface area contributed by atoms with Gasteiger partial charge in [0, 0.05) is 24.4 Å². The molecule has 0 atom stereocenters. The van der Waals surface area contributed by atoms with Crippen LogP contribution < -0.4 is 19.7 Å². The summed E-state index contributed by atoms with van der Waals surface area (Å²) in [4.78, 5) is 14.5. The third-order valence-corrected chi connectivity index (χ3v) is 5.07. The van der Waals surface area contributed by atoms with Crippen LogP contribution in [0, 0.1) is 0 Å². The van der Waals surface area contributed by atoms with Crippen LogP contribution in [-0.4, -0.2) is 43.0 Å². The maximum absolute atomic E-state index is 12.7. The van der Waals surface area contributed by atoms with Gasteiger partial charge >= 0.3 is 0 Å². The number of halogens is 1. The molecule has 0 saturated heterocycles. The first-order valence-electron chi connectivity index (χ1n) is 9.30. The number of aliphatic hydroxyl groups is 1. The number of anilines is 1. The van der Waals surface area contributed by atoms with E-state index in [4.69, 9.17) is 26.8 Å². The van der Waals surface area contributed by atoms with Crippen molar-refractivity contribution in [2.24, 2.45) is 0 Å². The van der Waals surface area contributed by atoms with Crippen molar-refractivity contribution >= 4 is 44.9 Å². The van der Waals surface area contributed by atoms with Gasteiger partial charge in [0.05, 0.1) is 18.2 Å². The second-order valence-corrected chi connectivity index (χ2v) is 7.36. The quantitative estimate of drug-likeness (QED) is 0.414. The smallest absolute Gasteiger partial charge is 0.257 e. The highest BCUT2D eigenvalue weighted by Gasteiger charge is 2.17. The van der Waals surface area contributed by atoms with Crippen molar-refractivity contribution in [2.75, 3.05) is 31.8 Å². The SMILES string of the molecule is CCOc1ccc(N(CCCCO)C(=S)NC(=O)c2ccc(OC)c(Br)c2)cc1.